The number of carbonyl (C=O) groups excluding carboxylic acids is 2. The van der Waals surface area contributed by atoms with Gasteiger partial charge in [0.15, 0.2) is 0 Å². The third-order valence-corrected chi connectivity index (χ3v) is 5.58. The average molecular weight is 320 g/mol. The number of carbonyl (C=O) groups is 2. The van der Waals surface area contributed by atoms with E-state index in [2.05, 4.69) is 22.1 Å². The molecule has 2 amide bonds. The van der Waals surface area contributed by atoms with Crippen molar-refractivity contribution in [1.82, 2.24) is 20.4 Å². The van der Waals surface area contributed by atoms with E-state index in [1.807, 2.05) is 4.90 Å². The smallest absolute Gasteiger partial charge is 0.234 e. The van der Waals surface area contributed by atoms with Crippen molar-refractivity contribution < 1.29 is 9.59 Å². The normalized spacial score (nSPS) is 26.8. The Bertz CT molecular complexity index is 465. The lowest BCUT2D eigenvalue weighted by Gasteiger charge is -2.35. The van der Waals surface area contributed by atoms with Gasteiger partial charge in [-0.05, 0) is 37.8 Å². The highest BCUT2D eigenvalue weighted by atomic mass is 16.2. The lowest BCUT2D eigenvalue weighted by atomic mass is 9.91. The number of hydrogen-bond donors (Lipinski definition) is 2. The summed E-state index contributed by atoms with van der Waals surface area (Å²) in [7, 11) is 0. The molecular weight excluding hydrogens is 292 g/mol. The maximum atomic E-state index is 12.7. The molecule has 6 heteroatoms. The van der Waals surface area contributed by atoms with E-state index >= 15 is 0 Å². The van der Waals surface area contributed by atoms with E-state index in [1.54, 1.807) is 6.08 Å². The van der Waals surface area contributed by atoms with Crippen molar-refractivity contribution >= 4 is 11.8 Å². The molecule has 1 unspecified atom stereocenters. The Kier molecular flexibility index (Phi) is 5.02. The molecule has 1 spiro atoms. The van der Waals surface area contributed by atoms with Crippen LogP contribution in [0.15, 0.2) is 12.7 Å². The molecule has 1 atom stereocenters. The topological polar surface area (TPSA) is 64.7 Å². The standard InChI is InChI=1S/C17H28N4O2/c1-2-5-19-15(22)13-20-8-10-21(11-9-20)16(23)14-12-17(14)3-6-18-7-4-17/h2,14,18H,1,3-13H2,(H,19,22). The lowest BCUT2D eigenvalue weighted by Crippen LogP contribution is -2.51. The molecule has 2 N–H and O–H groups in total. The van der Waals surface area contributed by atoms with Gasteiger partial charge in [-0.3, -0.25) is 14.5 Å². The first-order valence-corrected chi connectivity index (χ1v) is 8.74. The van der Waals surface area contributed by atoms with Gasteiger partial charge >= 0.3 is 0 Å². The van der Waals surface area contributed by atoms with E-state index in [0.717, 1.165) is 58.5 Å². The Morgan fingerprint density at radius 3 is 2.57 bits per heavy atom. The molecule has 3 aliphatic rings. The summed E-state index contributed by atoms with van der Waals surface area (Å²) in [5, 5.41) is 6.18. The van der Waals surface area contributed by atoms with Gasteiger partial charge in [0.1, 0.15) is 0 Å². The molecule has 1 saturated carbocycles. The van der Waals surface area contributed by atoms with E-state index in [1.165, 1.54) is 0 Å². The minimum absolute atomic E-state index is 0.0283. The van der Waals surface area contributed by atoms with Gasteiger partial charge in [0.05, 0.1) is 6.54 Å². The Hall–Kier alpha value is -1.40. The zero-order chi connectivity index (χ0) is 16.3. The van der Waals surface area contributed by atoms with Crippen LogP contribution in [0.2, 0.25) is 0 Å². The van der Waals surface area contributed by atoms with Crippen LogP contribution in [0.5, 0.6) is 0 Å². The van der Waals surface area contributed by atoms with Crippen LogP contribution in [0.3, 0.4) is 0 Å². The Balaban J connectivity index is 1.41. The summed E-state index contributed by atoms with van der Waals surface area (Å²) in [5.74, 6) is 0.634. The van der Waals surface area contributed by atoms with E-state index in [0.29, 0.717) is 24.4 Å². The van der Waals surface area contributed by atoms with Crippen molar-refractivity contribution in [3.05, 3.63) is 12.7 Å². The fraction of sp³-hybridized carbons (Fsp3) is 0.765. The quantitative estimate of drug-likeness (QED) is 0.690. The molecule has 2 saturated heterocycles. The van der Waals surface area contributed by atoms with Crippen LogP contribution in [-0.4, -0.2) is 74.0 Å². The summed E-state index contributed by atoms with van der Waals surface area (Å²) in [6.45, 7) is 9.69. The first kappa shape index (κ1) is 16.5. The molecule has 0 radical (unpaired) electrons. The maximum Gasteiger partial charge on any atom is 0.234 e. The maximum absolute atomic E-state index is 12.7. The van der Waals surface area contributed by atoms with Crippen molar-refractivity contribution in [2.45, 2.75) is 19.3 Å². The molecule has 0 aromatic heterocycles. The molecule has 3 fully saturated rings. The number of amides is 2. The number of rotatable bonds is 5. The molecule has 23 heavy (non-hydrogen) atoms. The van der Waals surface area contributed by atoms with E-state index in [4.69, 9.17) is 0 Å². The van der Waals surface area contributed by atoms with Gasteiger partial charge < -0.3 is 15.5 Å². The van der Waals surface area contributed by atoms with Crippen LogP contribution >= 0.6 is 0 Å². The minimum Gasteiger partial charge on any atom is -0.352 e. The van der Waals surface area contributed by atoms with Crippen molar-refractivity contribution in [2.75, 3.05) is 52.4 Å². The molecule has 3 rings (SSSR count). The monoisotopic (exact) mass is 320 g/mol. The van der Waals surface area contributed by atoms with Gasteiger partial charge in [-0.2, -0.15) is 0 Å². The number of piperazine rings is 1. The third kappa shape index (κ3) is 3.75. The number of nitrogens with one attached hydrogen (secondary N) is 2. The van der Waals surface area contributed by atoms with Crippen molar-refractivity contribution in [3.8, 4) is 0 Å². The van der Waals surface area contributed by atoms with Crippen molar-refractivity contribution in [1.29, 1.82) is 0 Å². The SMILES string of the molecule is C=CCNC(=O)CN1CCN(C(=O)C2CC23CCNCC3)CC1. The highest BCUT2D eigenvalue weighted by molar-refractivity contribution is 5.83. The predicted octanol–water partition coefficient (Wildman–Crippen LogP) is -0.177. The molecule has 0 bridgehead atoms. The third-order valence-electron chi connectivity index (χ3n) is 5.58. The zero-order valence-electron chi connectivity index (χ0n) is 13.9. The number of nitrogens with zero attached hydrogens (tertiary/aromatic N) is 2. The summed E-state index contributed by atoms with van der Waals surface area (Å²) in [4.78, 5) is 28.6. The van der Waals surface area contributed by atoms with Crippen LogP contribution in [0.4, 0.5) is 0 Å². The number of piperidine rings is 1. The van der Waals surface area contributed by atoms with Gasteiger partial charge in [-0.25, -0.2) is 0 Å². The molecule has 6 nitrogen and oxygen atoms in total. The second-order valence-corrected chi connectivity index (χ2v) is 7.06. The first-order chi connectivity index (χ1) is 11.1. The fourth-order valence-electron chi connectivity index (χ4n) is 3.97. The van der Waals surface area contributed by atoms with Gasteiger partial charge in [0.25, 0.3) is 0 Å². The highest BCUT2D eigenvalue weighted by Gasteiger charge is 2.58. The Labute approximate surface area is 138 Å². The Morgan fingerprint density at radius 1 is 1.22 bits per heavy atom. The molecule has 128 valence electrons. The van der Waals surface area contributed by atoms with Crippen molar-refractivity contribution in [2.24, 2.45) is 11.3 Å². The molecule has 2 heterocycles. The number of hydrogen-bond acceptors (Lipinski definition) is 4. The van der Waals surface area contributed by atoms with Crippen LogP contribution in [0.25, 0.3) is 0 Å². The summed E-state index contributed by atoms with van der Waals surface area (Å²) in [6, 6.07) is 0. The van der Waals surface area contributed by atoms with Gasteiger partial charge in [0, 0.05) is 38.6 Å². The average Bonchev–Trinajstić information content (AvgIpc) is 3.26. The summed E-state index contributed by atoms with van der Waals surface area (Å²) in [5.41, 5.74) is 0.310. The summed E-state index contributed by atoms with van der Waals surface area (Å²) < 4.78 is 0. The lowest BCUT2D eigenvalue weighted by molar-refractivity contribution is -0.135. The van der Waals surface area contributed by atoms with Gasteiger partial charge in [-0.15, -0.1) is 6.58 Å². The van der Waals surface area contributed by atoms with Gasteiger partial charge in [0.2, 0.25) is 11.8 Å². The highest BCUT2D eigenvalue weighted by Crippen LogP contribution is 2.59. The van der Waals surface area contributed by atoms with Gasteiger partial charge in [-0.1, -0.05) is 6.08 Å². The Morgan fingerprint density at radius 2 is 1.91 bits per heavy atom. The van der Waals surface area contributed by atoms with Crippen LogP contribution in [0, 0.1) is 11.3 Å². The summed E-state index contributed by atoms with van der Waals surface area (Å²) >= 11 is 0. The van der Waals surface area contributed by atoms with E-state index in [-0.39, 0.29) is 11.8 Å². The largest absolute Gasteiger partial charge is 0.352 e. The molecule has 0 aromatic carbocycles. The van der Waals surface area contributed by atoms with Crippen LogP contribution < -0.4 is 10.6 Å². The van der Waals surface area contributed by atoms with E-state index in [9.17, 15) is 9.59 Å². The molecule has 0 aromatic rings. The second kappa shape index (κ2) is 7.01. The fourth-order valence-corrected chi connectivity index (χ4v) is 3.97. The second-order valence-electron chi connectivity index (χ2n) is 7.06. The summed E-state index contributed by atoms with van der Waals surface area (Å²) in [6.07, 6.45) is 5.05. The minimum atomic E-state index is 0.0283. The van der Waals surface area contributed by atoms with E-state index < -0.39 is 0 Å². The predicted molar refractivity (Wildman–Crippen MR) is 88.9 cm³/mol. The molecule has 2 aliphatic heterocycles. The van der Waals surface area contributed by atoms with Crippen LogP contribution in [-0.2, 0) is 9.59 Å². The first-order valence-electron chi connectivity index (χ1n) is 8.74. The van der Waals surface area contributed by atoms with Crippen LogP contribution in [0.1, 0.15) is 19.3 Å². The van der Waals surface area contributed by atoms with Crippen molar-refractivity contribution in [3.63, 3.8) is 0 Å². The molecular formula is C17H28N4O2. The molecule has 1 aliphatic carbocycles. The zero-order valence-corrected chi connectivity index (χ0v) is 13.9.